The first-order valence-corrected chi connectivity index (χ1v) is 11.1. The van der Waals surface area contributed by atoms with Gasteiger partial charge >= 0.3 is 0 Å². The molecule has 4 nitrogen and oxygen atoms in total. The maximum atomic E-state index is 11.9. The van der Waals surface area contributed by atoms with Gasteiger partial charge in [-0.2, -0.15) is 0 Å². The second-order valence-corrected chi connectivity index (χ2v) is 7.99. The summed E-state index contributed by atoms with van der Waals surface area (Å²) in [6, 6.07) is 18.3. The Hall–Kier alpha value is -2.88. The Kier molecular flexibility index (Phi) is 8.25. The lowest BCUT2D eigenvalue weighted by Gasteiger charge is -2.14. The van der Waals surface area contributed by atoms with Gasteiger partial charge in [0.25, 0.3) is 0 Å². The van der Waals surface area contributed by atoms with Crippen molar-refractivity contribution < 1.29 is 4.79 Å². The standard InChI is InChI=1S/C26H33N3O/c1-3-21(2)20-29-24-15-10-9-14-23(24)28-25(29)16-8-5-11-19-27-26(30)18-17-22-12-6-4-7-13-22/h4,6-7,9-10,12-15,17-18,21H,3,5,8,11,16,19-20H2,1-2H3,(H,27,30)/b18-17+. The van der Waals surface area contributed by atoms with Crippen LogP contribution < -0.4 is 5.32 Å². The van der Waals surface area contributed by atoms with Gasteiger partial charge in [0, 0.05) is 25.6 Å². The van der Waals surface area contributed by atoms with Crippen LogP contribution in [0.3, 0.4) is 0 Å². The van der Waals surface area contributed by atoms with Crippen LogP contribution >= 0.6 is 0 Å². The number of rotatable bonds is 11. The number of aryl methyl sites for hydroxylation is 1. The Morgan fingerprint density at radius 2 is 1.83 bits per heavy atom. The highest BCUT2D eigenvalue weighted by molar-refractivity contribution is 5.91. The minimum absolute atomic E-state index is 0.0331. The lowest BCUT2D eigenvalue weighted by molar-refractivity contribution is -0.116. The van der Waals surface area contributed by atoms with Gasteiger partial charge in [-0.3, -0.25) is 4.79 Å². The molecule has 0 saturated carbocycles. The van der Waals surface area contributed by atoms with Crippen molar-refractivity contribution in [2.24, 2.45) is 5.92 Å². The molecule has 1 N–H and O–H groups in total. The molecule has 1 unspecified atom stereocenters. The molecule has 1 atom stereocenters. The van der Waals surface area contributed by atoms with E-state index < -0.39 is 0 Å². The van der Waals surface area contributed by atoms with Crippen LogP contribution in [0, 0.1) is 5.92 Å². The van der Waals surface area contributed by atoms with E-state index in [-0.39, 0.29) is 5.91 Å². The van der Waals surface area contributed by atoms with Gasteiger partial charge < -0.3 is 9.88 Å². The molecule has 1 amide bonds. The highest BCUT2D eigenvalue weighted by atomic mass is 16.1. The van der Waals surface area contributed by atoms with Crippen LogP contribution in [-0.4, -0.2) is 22.0 Å². The van der Waals surface area contributed by atoms with Crippen LogP contribution in [0.2, 0.25) is 0 Å². The molecule has 0 aliphatic carbocycles. The minimum atomic E-state index is -0.0331. The van der Waals surface area contributed by atoms with Crippen molar-refractivity contribution in [2.45, 2.75) is 52.5 Å². The van der Waals surface area contributed by atoms with E-state index in [0.717, 1.165) is 43.3 Å². The average molecular weight is 404 g/mol. The first-order valence-electron chi connectivity index (χ1n) is 11.1. The van der Waals surface area contributed by atoms with Crippen LogP contribution in [0.1, 0.15) is 50.9 Å². The summed E-state index contributed by atoms with van der Waals surface area (Å²) in [5.41, 5.74) is 3.37. The van der Waals surface area contributed by atoms with Gasteiger partial charge in [0.05, 0.1) is 11.0 Å². The molecule has 3 rings (SSSR count). The summed E-state index contributed by atoms with van der Waals surface area (Å²) in [4.78, 5) is 16.8. The van der Waals surface area contributed by atoms with Crippen LogP contribution in [0.5, 0.6) is 0 Å². The summed E-state index contributed by atoms with van der Waals surface area (Å²) >= 11 is 0. The number of amides is 1. The summed E-state index contributed by atoms with van der Waals surface area (Å²) in [7, 11) is 0. The molecule has 30 heavy (non-hydrogen) atoms. The highest BCUT2D eigenvalue weighted by Crippen LogP contribution is 2.20. The Morgan fingerprint density at radius 1 is 1.07 bits per heavy atom. The first-order chi connectivity index (χ1) is 14.7. The van der Waals surface area contributed by atoms with E-state index in [1.165, 1.54) is 17.8 Å². The molecule has 1 aromatic heterocycles. The number of nitrogens with zero attached hydrogens (tertiary/aromatic N) is 2. The van der Waals surface area contributed by atoms with Gasteiger partial charge in [0.1, 0.15) is 5.82 Å². The van der Waals surface area contributed by atoms with E-state index in [1.807, 2.05) is 36.4 Å². The number of imidazole rings is 1. The fraction of sp³-hybridized carbons (Fsp3) is 0.385. The fourth-order valence-electron chi connectivity index (χ4n) is 3.55. The van der Waals surface area contributed by atoms with Crippen LogP contribution in [0.25, 0.3) is 17.1 Å². The van der Waals surface area contributed by atoms with E-state index in [1.54, 1.807) is 6.08 Å². The molecule has 0 bridgehead atoms. The average Bonchev–Trinajstić information content (AvgIpc) is 3.12. The molecule has 0 saturated heterocycles. The summed E-state index contributed by atoms with van der Waals surface area (Å²) in [6.45, 7) is 6.28. The molecule has 3 aromatic rings. The molecule has 1 heterocycles. The molecule has 0 spiro atoms. The number of aromatic nitrogens is 2. The summed E-state index contributed by atoms with van der Waals surface area (Å²) < 4.78 is 2.40. The molecular weight excluding hydrogens is 370 g/mol. The van der Waals surface area contributed by atoms with E-state index in [4.69, 9.17) is 4.98 Å². The zero-order chi connectivity index (χ0) is 21.2. The van der Waals surface area contributed by atoms with Crippen molar-refractivity contribution in [3.05, 3.63) is 72.1 Å². The Balaban J connectivity index is 1.43. The third-order valence-corrected chi connectivity index (χ3v) is 5.53. The molecule has 0 aliphatic rings. The quantitative estimate of drug-likeness (QED) is 0.333. The number of carbonyl (C=O) groups excluding carboxylic acids is 1. The van der Waals surface area contributed by atoms with Gasteiger partial charge in [-0.25, -0.2) is 4.98 Å². The smallest absolute Gasteiger partial charge is 0.243 e. The zero-order valence-electron chi connectivity index (χ0n) is 18.2. The second kappa shape index (κ2) is 11.3. The van der Waals surface area contributed by atoms with Crippen LogP contribution in [0.15, 0.2) is 60.7 Å². The summed E-state index contributed by atoms with van der Waals surface area (Å²) in [5.74, 6) is 1.79. The summed E-state index contributed by atoms with van der Waals surface area (Å²) in [6.07, 6.45) is 8.74. The van der Waals surface area contributed by atoms with Gasteiger partial charge in [-0.1, -0.05) is 69.2 Å². The molecule has 0 aliphatic heterocycles. The van der Waals surface area contributed by atoms with Crippen molar-refractivity contribution in [1.29, 1.82) is 0 Å². The number of carbonyl (C=O) groups is 1. The topological polar surface area (TPSA) is 46.9 Å². The molecule has 0 fully saturated rings. The minimum Gasteiger partial charge on any atom is -0.353 e. The zero-order valence-corrected chi connectivity index (χ0v) is 18.2. The number of fused-ring (bicyclic) bond motifs is 1. The normalized spacial score (nSPS) is 12.5. The van der Waals surface area contributed by atoms with Gasteiger partial charge in [-0.05, 0) is 42.5 Å². The third kappa shape index (κ3) is 6.31. The van der Waals surface area contributed by atoms with Crippen molar-refractivity contribution in [3.8, 4) is 0 Å². The summed E-state index contributed by atoms with van der Waals surface area (Å²) in [5, 5.41) is 2.97. The Morgan fingerprint density at radius 3 is 2.63 bits per heavy atom. The number of hydrogen-bond donors (Lipinski definition) is 1. The number of para-hydroxylation sites is 2. The van der Waals surface area contributed by atoms with Crippen molar-refractivity contribution in [3.63, 3.8) is 0 Å². The predicted octanol–water partition coefficient (Wildman–Crippen LogP) is 5.62. The molecule has 2 aromatic carbocycles. The van der Waals surface area contributed by atoms with E-state index in [0.29, 0.717) is 12.5 Å². The Labute approximate surface area is 180 Å². The predicted molar refractivity (Wildman–Crippen MR) is 125 cm³/mol. The number of unbranched alkanes of at least 4 members (excludes halogenated alkanes) is 2. The van der Waals surface area contributed by atoms with Crippen LogP contribution in [0.4, 0.5) is 0 Å². The molecule has 0 radical (unpaired) electrons. The van der Waals surface area contributed by atoms with Gasteiger partial charge in [-0.15, -0.1) is 0 Å². The SMILES string of the molecule is CCC(C)Cn1c(CCCCCNC(=O)/C=C/c2ccccc2)nc2ccccc21. The number of hydrogen-bond acceptors (Lipinski definition) is 2. The van der Waals surface area contributed by atoms with Gasteiger partial charge in [0.15, 0.2) is 0 Å². The van der Waals surface area contributed by atoms with E-state index in [9.17, 15) is 4.79 Å². The number of nitrogens with one attached hydrogen (secondary N) is 1. The third-order valence-electron chi connectivity index (χ3n) is 5.53. The Bertz CT molecular complexity index is 959. The van der Waals surface area contributed by atoms with Crippen LogP contribution in [-0.2, 0) is 17.8 Å². The second-order valence-electron chi connectivity index (χ2n) is 7.99. The maximum absolute atomic E-state index is 11.9. The molecule has 4 heteroatoms. The lowest BCUT2D eigenvalue weighted by Crippen LogP contribution is -2.22. The lowest BCUT2D eigenvalue weighted by atomic mass is 10.1. The van der Waals surface area contributed by atoms with Gasteiger partial charge in [0.2, 0.25) is 5.91 Å². The largest absolute Gasteiger partial charge is 0.353 e. The molecular formula is C26H33N3O. The van der Waals surface area contributed by atoms with Crippen molar-refractivity contribution >= 4 is 23.0 Å². The van der Waals surface area contributed by atoms with E-state index >= 15 is 0 Å². The fourth-order valence-corrected chi connectivity index (χ4v) is 3.55. The first kappa shape index (κ1) is 21.8. The number of benzene rings is 2. The van der Waals surface area contributed by atoms with Crippen molar-refractivity contribution in [1.82, 2.24) is 14.9 Å². The van der Waals surface area contributed by atoms with Crippen molar-refractivity contribution in [2.75, 3.05) is 6.54 Å². The van der Waals surface area contributed by atoms with E-state index in [2.05, 4.69) is 48.0 Å². The maximum Gasteiger partial charge on any atom is 0.243 e. The highest BCUT2D eigenvalue weighted by Gasteiger charge is 2.12. The molecule has 158 valence electrons. The monoisotopic (exact) mass is 403 g/mol.